The number of nitrogens with two attached hydrogens (primary N) is 1. The number of methoxy groups -OCH3 is 1. The summed E-state index contributed by atoms with van der Waals surface area (Å²) in [7, 11) is 3.39. The Morgan fingerprint density at radius 1 is 1.33 bits per heavy atom. The molecule has 0 saturated carbocycles. The maximum atomic E-state index is 13.0. The molecule has 3 rings (SSSR count). The highest BCUT2D eigenvalue weighted by Crippen LogP contribution is 2.39. The van der Waals surface area contributed by atoms with E-state index in [-0.39, 0.29) is 30.2 Å². The summed E-state index contributed by atoms with van der Waals surface area (Å²) < 4.78 is 5.19. The lowest BCUT2D eigenvalue weighted by atomic mass is 9.92. The minimum Gasteiger partial charge on any atom is -0.497 e. The van der Waals surface area contributed by atoms with Crippen molar-refractivity contribution in [3.05, 3.63) is 29.8 Å². The predicted octanol–water partition coefficient (Wildman–Crippen LogP) is 1.02. The van der Waals surface area contributed by atoms with Crippen molar-refractivity contribution < 1.29 is 14.3 Å². The number of hydrogen-bond donors (Lipinski definition) is 1. The van der Waals surface area contributed by atoms with E-state index in [0.29, 0.717) is 19.0 Å². The van der Waals surface area contributed by atoms with Gasteiger partial charge in [-0.1, -0.05) is 12.1 Å². The molecule has 0 aromatic heterocycles. The maximum absolute atomic E-state index is 13.0. The van der Waals surface area contributed by atoms with E-state index in [0.717, 1.165) is 24.3 Å². The SMILES string of the molecule is COc1ccc(C2C(C(=O)N3CCC(CN)C3)CC(=O)N2C)cc1. The van der Waals surface area contributed by atoms with Crippen molar-refractivity contribution in [2.75, 3.05) is 33.8 Å². The molecular weight excluding hydrogens is 306 g/mol. The zero-order chi connectivity index (χ0) is 17.3. The highest BCUT2D eigenvalue weighted by Gasteiger charge is 2.45. The molecule has 3 atom stereocenters. The lowest BCUT2D eigenvalue weighted by Crippen LogP contribution is -2.37. The second-order valence-corrected chi connectivity index (χ2v) is 6.71. The number of ether oxygens (including phenoxy) is 1. The Morgan fingerprint density at radius 3 is 2.62 bits per heavy atom. The van der Waals surface area contributed by atoms with Gasteiger partial charge in [-0.2, -0.15) is 0 Å². The van der Waals surface area contributed by atoms with E-state index in [1.807, 2.05) is 29.2 Å². The molecule has 0 aliphatic carbocycles. The minimum absolute atomic E-state index is 0.0174. The number of rotatable bonds is 4. The van der Waals surface area contributed by atoms with Crippen LogP contribution in [0.4, 0.5) is 0 Å². The fraction of sp³-hybridized carbons (Fsp3) is 0.556. The summed E-state index contributed by atoms with van der Waals surface area (Å²) in [6, 6.07) is 7.39. The molecule has 0 radical (unpaired) electrons. The molecule has 3 unspecified atom stereocenters. The van der Waals surface area contributed by atoms with E-state index >= 15 is 0 Å². The topological polar surface area (TPSA) is 75.9 Å². The van der Waals surface area contributed by atoms with Crippen LogP contribution in [0, 0.1) is 11.8 Å². The predicted molar refractivity (Wildman–Crippen MR) is 90.4 cm³/mol. The molecular formula is C18H25N3O3. The van der Waals surface area contributed by atoms with Crippen LogP contribution in [-0.4, -0.2) is 55.4 Å². The van der Waals surface area contributed by atoms with Gasteiger partial charge in [0, 0.05) is 26.6 Å². The van der Waals surface area contributed by atoms with Gasteiger partial charge >= 0.3 is 0 Å². The maximum Gasteiger partial charge on any atom is 0.228 e. The average molecular weight is 331 g/mol. The molecule has 2 N–H and O–H groups in total. The van der Waals surface area contributed by atoms with Crippen molar-refractivity contribution in [1.82, 2.24) is 9.80 Å². The molecule has 0 bridgehead atoms. The van der Waals surface area contributed by atoms with Crippen LogP contribution in [0.3, 0.4) is 0 Å². The van der Waals surface area contributed by atoms with Crippen molar-refractivity contribution in [2.45, 2.75) is 18.9 Å². The molecule has 2 aliphatic heterocycles. The lowest BCUT2D eigenvalue weighted by Gasteiger charge is -2.28. The van der Waals surface area contributed by atoms with Crippen LogP contribution in [-0.2, 0) is 9.59 Å². The quantitative estimate of drug-likeness (QED) is 0.894. The summed E-state index contributed by atoms with van der Waals surface area (Å²) in [5.41, 5.74) is 6.70. The van der Waals surface area contributed by atoms with E-state index in [2.05, 4.69) is 0 Å². The van der Waals surface area contributed by atoms with Crippen LogP contribution in [0.15, 0.2) is 24.3 Å². The van der Waals surface area contributed by atoms with Crippen molar-refractivity contribution in [3.63, 3.8) is 0 Å². The molecule has 130 valence electrons. The van der Waals surface area contributed by atoms with Crippen molar-refractivity contribution in [1.29, 1.82) is 0 Å². The molecule has 2 amide bonds. The van der Waals surface area contributed by atoms with Gasteiger partial charge in [-0.25, -0.2) is 0 Å². The van der Waals surface area contributed by atoms with Crippen molar-refractivity contribution in [3.8, 4) is 5.75 Å². The third kappa shape index (κ3) is 2.98. The number of benzene rings is 1. The van der Waals surface area contributed by atoms with Gasteiger partial charge in [-0.05, 0) is 36.6 Å². The first kappa shape index (κ1) is 16.8. The number of carbonyl (C=O) groups is 2. The summed E-state index contributed by atoms with van der Waals surface area (Å²) >= 11 is 0. The summed E-state index contributed by atoms with van der Waals surface area (Å²) in [5.74, 6) is 0.905. The van der Waals surface area contributed by atoms with Crippen LogP contribution in [0.1, 0.15) is 24.4 Å². The molecule has 24 heavy (non-hydrogen) atoms. The number of hydrogen-bond acceptors (Lipinski definition) is 4. The summed E-state index contributed by atoms with van der Waals surface area (Å²) in [5, 5.41) is 0. The second kappa shape index (κ2) is 6.81. The smallest absolute Gasteiger partial charge is 0.228 e. The lowest BCUT2D eigenvalue weighted by molar-refractivity contribution is -0.135. The third-order valence-corrected chi connectivity index (χ3v) is 5.29. The van der Waals surface area contributed by atoms with Crippen LogP contribution in [0.2, 0.25) is 0 Å². The first-order valence-corrected chi connectivity index (χ1v) is 8.43. The van der Waals surface area contributed by atoms with Gasteiger partial charge in [0.15, 0.2) is 0 Å². The Hall–Kier alpha value is -2.08. The Labute approximate surface area is 142 Å². The van der Waals surface area contributed by atoms with Gasteiger partial charge in [-0.15, -0.1) is 0 Å². The number of likely N-dealkylation sites (tertiary alicyclic amines) is 2. The third-order valence-electron chi connectivity index (χ3n) is 5.29. The number of amides is 2. The first-order chi connectivity index (χ1) is 11.5. The zero-order valence-corrected chi connectivity index (χ0v) is 14.3. The molecule has 2 heterocycles. The monoisotopic (exact) mass is 331 g/mol. The molecule has 2 fully saturated rings. The standard InChI is InChI=1S/C18H25N3O3/c1-20-16(22)9-15(18(23)21-8-7-12(10-19)11-21)17(20)13-3-5-14(24-2)6-4-13/h3-6,12,15,17H,7-11,19H2,1-2H3. The normalized spacial score (nSPS) is 27.0. The fourth-order valence-electron chi connectivity index (χ4n) is 3.81. The van der Waals surface area contributed by atoms with E-state index in [9.17, 15) is 9.59 Å². The largest absolute Gasteiger partial charge is 0.497 e. The molecule has 2 saturated heterocycles. The Morgan fingerprint density at radius 2 is 2.04 bits per heavy atom. The summed E-state index contributed by atoms with van der Waals surface area (Å²) in [6.45, 7) is 2.05. The minimum atomic E-state index is -0.326. The van der Waals surface area contributed by atoms with Crippen LogP contribution in [0.25, 0.3) is 0 Å². The van der Waals surface area contributed by atoms with Gasteiger partial charge < -0.3 is 20.3 Å². The Bertz CT molecular complexity index is 616. The molecule has 0 spiro atoms. The molecule has 6 nitrogen and oxygen atoms in total. The van der Waals surface area contributed by atoms with Gasteiger partial charge in [0.2, 0.25) is 11.8 Å². The number of carbonyl (C=O) groups excluding carboxylic acids is 2. The summed E-state index contributed by atoms with van der Waals surface area (Å²) in [4.78, 5) is 28.8. The van der Waals surface area contributed by atoms with Gasteiger partial charge in [0.05, 0.1) is 19.1 Å². The van der Waals surface area contributed by atoms with Gasteiger partial charge in [0.1, 0.15) is 5.75 Å². The molecule has 1 aromatic carbocycles. The van der Waals surface area contributed by atoms with E-state index in [1.165, 1.54) is 0 Å². The molecule has 1 aromatic rings. The number of nitrogens with zero attached hydrogens (tertiary/aromatic N) is 2. The van der Waals surface area contributed by atoms with Gasteiger partial charge in [0.25, 0.3) is 0 Å². The Balaban J connectivity index is 1.82. The zero-order valence-electron chi connectivity index (χ0n) is 14.3. The first-order valence-electron chi connectivity index (χ1n) is 8.43. The van der Waals surface area contributed by atoms with Gasteiger partial charge in [-0.3, -0.25) is 9.59 Å². The highest BCUT2D eigenvalue weighted by molar-refractivity contribution is 5.90. The highest BCUT2D eigenvalue weighted by atomic mass is 16.5. The fourth-order valence-corrected chi connectivity index (χ4v) is 3.81. The second-order valence-electron chi connectivity index (χ2n) is 6.71. The Kier molecular flexibility index (Phi) is 4.76. The van der Waals surface area contributed by atoms with E-state index in [1.54, 1.807) is 19.1 Å². The molecule has 6 heteroatoms. The van der Waals surface area contributed by atoms with Crippen molar-refractivity contribution in [2.24, 2.45) is 17.6 Å². The van der Waals surface area contributed by atoms with E-state index < -0.39 is 0 Å². The molecule has 2 aliphatic rings. The van der Waals surface area contributed by atoms with Crippen LogP contribution in [0.5, 0.6) is 5.75 Å². The van der Waals surface area contributed by atoms with Crippen molar-refractivity contribution >= 4 is 11.8 Å². The van der Waals surface area contributed by atoms with Crippen LogP contribution >= 0.6 is 0 Å². The van der Waals surface area contributed by atoms with Crippen LogP contribution < -0.4 is 10.5 Å². The van der Waals surface area contributed by atoms with E-state index in [4.69, 9.17) is 10.5 Å². The average Bonchev–Trinajstić information content (AvgIpc) is 3.20. The summed E-state index contributed by atoms with van der Waals surface area (Å²) in [6.07, 6.45) is 1.22.